The van der Waals surface area contributed by atoms with Crippen molar-refractivity contribution in [1.29, 1.82) is 0 Å². The van der Waals surface area contributed by atoms with Crippen LogP contribution < -0.4 is 0 Å². The molecule has 105 heavy (non-hydrogen) atoms. The van der Waals surface area contributed by atoms with Crippen molar-refractivity contribution >= 4 is 0 Å². The third-order valence-corrected chi connectivity index (χ3v) is 28.6. The monoisotopic (exact) mass is 1490 g/mol. The fourth-order valence-corrected chi connectivity index (χ4v) is 19.7. The first-order chi connectivity index (χ1) is 50.1. The van der Waals surface area contributed by atoms with E-state index in [4.69, 9.17) is 23.7 Å². The van der Waals surface area contributed by atoms with Crippen LogP contribution in [0.15, 0.2) is 0 Å². The maximum atomic E-state index is 11.1. The van der Waals surface area contributed by atoms with E-state index >= 15 is 0 Å². The Labute approximate surface area is 651 Å². The summed E-state index contributed by atoms with van der Waals surface area (Å²) in [6.45, 7) is 42.3. The fourth-order valence-electron chi connectivity index (χ4n) is 19.7. The quantitative estimate of drug-likeness (QED) is 0.155. The van der Waals surface area contributed by atoms with Crippen molar-refractivity contribution in [1.82, 2.24) is 0 Å². The van der Waals surface area contributed by atoms with Gasteiger partial charge in [-0.2, -0.15) is 0 Å². The summed E-state index contributed by atoms with van der Waals surface area (Å²) < 4.78 is 31.0. The molecular formula is C94H182O11. The number of aliphatic hydroxyl groups excluding tert-OH is 5. The Hall–Kier alpha value is -0.440. The molecule has 25 unspecified atom stereocenters. The highest BCUT2D eigenvalue weighted by Crippen LogP contribution is 2.50. The first-order valence-corrected chi connectivity index (χ1v) is 46.0. The summed E-state index contributed by atoms with van der Waals surface area (Å²) in [5.41, 5.74) is -1.22. The zero-order valence-electron chi connectivity index (χ0n) is 72.4. The van der Waals surface area contributed by atoms with Gasteiger partial charge >= 0.3 is 0 Å². The number of aliphatic hydroxyl groups is 6. The Morgan fingerprint density at radius 2 is 0.610 bits per heavy atom. The van der Waals surface area contributed by atoms with Gasteiger partial charge in [0.2, 0.25) is 0 Å². The van der Waals surface area contributed by atoms with Gasteiger partial charge in [-0.15, -0.1) is 0 Å². The maximum Gasteiger partial charge on any atom is 0.145 e. The van der Waals surface area contributed by atoms with E-state index in [1.807, 2.05) is 0 Å². The van der Waals surface area contributed by atoms with E-state index < -0.39 is 42.7 Å². The molecule has 25 atom stereocenters. The van der Waals surface area contributed by atoms with E-state index in [2.05, 4.69) is 111 Å². The molecule has 3 aliphatic carbocycles. The number of ether oxygens (including phenoxy) is 5. The van der Waals surface area contributed by atoms with Crippen LogP contribution in [-0.4, -0.2) is 132 Å². The SMILES string of the molecule is CC1CCCC(C)CCCC(C)CCC(C)CCCC(C)C2CCC(C)(CCCC(C)CCOCC(COC3C(O)C(O)C(O)C3(O)CO)OCCC(C)CCCC(C)CCCC(C)CCCC(C)CCC(C)CCCC(C)C3CCC(C)(CCCC(C)CCOCC(CO)OCCC(C)CCC1)C3)C2. The lowest BCUT2D eigenvalue weighted by Crippen LogP contribution is -2.53. The van der Waals surface area contributed by atoms with Crippen LogP contribution in [-0.2, 0) is 23.7 Å². The molecule has 4 rings (SSSR count). The molecule has 0 amide bonds. The molecule has 1 saturated heterocycles. The predicted octanol–water partition coefficient (Wildman–Crippen LogP) is 23.3. The van der Waals surface area contributed by atoms with Crippen LogP contribution in [0.3, 0.4) is 0 Å². The van der Waals surface area contributed by atoms with Crippen LogP contribution in [0, 0.1) is 106 Å². The molecule has 1 heterocycles. The number of fused-ring (bicyclic) bond motifs is 4. The Balaban J connectivity index is 1.20. The summed E-state index contributed by atoms with van der Waals surface area (Å²) >= 11 is 0. The molecule has 0 aromatic carbocycles. The van der Waals surface area contributed by atoms with Gasteiger partial charge in [-0.1, -0.05) is 316 Å². The van der Waals surface area contributed by atoms with Crippen molar-refractivity contribution < 1.29 is 54.3 Å². The third-order valence-electron chi connectivity index (χ3n) is 28.6. The van der Waals surface area contributed by atoms with Crippen LogP contribution in [0.25, 0.3) is 0 Å². The van der Waals surface area contributed by atoms with Gasteiger partial charge in [-0.3, -0.25) is 0 Å². The van der Waals surface area contributed by atoms with Gasteiger partial charge in [0.05, 0.1) is 33.0 Å². The van der Waals surface area contributed by atoms with Crippen molar-refractivity contribution in [3.05, 3.63) is 0 Å². The van der Waals surface area contributed by atoms with Crippen LogP contribution >= 0.6 is 0 Å². The van der Waals surface area contributed by atoms with Crippen molar-refractivity contribution in [3.63, 3.8) is 0 Å². The molecule has 11 heteroatoms. The van der Waals surface area contributed by atoms with Gasteiger partial charge in [0.15, 0.2) is 0 Å². The zero-order valence-corrected chi connectivity index (χ0v) is 72.4. The number of rotatable bonds is 5. The lowest BCUT2D eigenvalue weighted by molar-refractivity contribution is -0.183. The van der Waals surface area contributed by atoms with E-state index in [1.165, 1.54) is 250 Å². The Kier molecular flexibility index (Phi) is 50.2. The van der Waals surface area contributed by atoms with E-state index in [0.29, 0.717) is 67.5 Å². The lowest BCUT2D eigenvalue weighted by atomic mass is 9.79. The Bertz CT molecular complexity index is 2080. The molecule has 6 N–H and O–H groups in total. The average Bonchev–Trinajstić information content (AvgIpc) is 1.62. The minimum atomic E-state index is -2.19. The molecule has 0 aromatic heterocycles. The van der Waals surface area contributed by atoms with E-state index in [-0.39, 0.29) is 19.3 Å². The summed E-state index contributed by atoms with van der Waals surface area (Å²) in [7, 11) is 0. The summed E-state index contributed by atoms with van der Waals surface area (Å²) in [5.74, 6) is 12.3. The Morgan fingerprint density at radius 1 is 0.324 bits per heavy atom. The first kappa shape index (κ1) is 96.9. The fraction of sp³-hybridized carbons (Fsp3) is 1.00. The smallest absolute Gasteiger partial charge is 0.145 e. The molecule has 0 aromatic rings. The molecule has 3 saturated carbocycles. The second-order valence-electron chi connectivity index (χ2n) is 40.0. The molecule has 0 radical (unpaired) electrons. The van der Waals surface area contributed by atoms with Gasteiger partial charge in [0.25, 0.3) is 0 Å². The summed E-state index contributed by atoms with van der Waals surface area (Å²) in [6.07, 6.45) is 50.9. The topological polar surface area (TPSA) is 168 Å². The minimum absolute atomic E-state index is 0.00925. The van der Waals surface area contributed by atoms with Gasteiger partial charge in [-0.05, 0) is 183 Å². The number of hydrogen-bond donors (Lipinski definition) is 6. The summed E-state index contributed by atoms with van der Waals surface area (Å²) in [6, 6.07) is 0. The molecular weight excluding hydrogens is 1310 g/mol. The van der Waals surface area contributed by atoms with Crippen molar-refractivity contribution in [2.75, 3.05) is 59.5 Å². The lowest BCUT2D eigenvalue weighted by Gasteiger charge is -2.32. The van der Waals surface area contributed by atoms with Gasteiger partial charge < -0.3 is 54.3 Å². The van der Waals surface area contributed by atoms with Crippen LogP contribution in [0.2, 0.25) is 0 Å². The third kappa shape index (κ3) is 40.9. The van der Waals surface area contributed by atoms with E-state index in [0.717, 1.165) is 110 Å². The molecule has 4 bridgehead atoms. The van der Waals surface area contributed by atoms with Crippen LogP contribution in [0.5, 0.6) is 0 Å². The van der Waals surface area contributed by atoms with Crippen LogP contribution in [0.4, 0.5) is 0 Å². The maximum absolute atomic E-state index is 11.1. The van der Waals surface area contributed by atoms with E-state index in [1.54, 1.807) is 0 Å². The van der Waals surface area contributed by atoms with E-state index in [9.17, 15) is 30.6 Å². The zero-order chi connectivity index (χ0) is 77.2. The predicted molar refractivity (Wildman–Crippen MR) is 443 cm³/mol. The highest BCUT2D eigenvalue weighted by Gasteiger charge is 2.60. The molecule has 624 valence electrons. The highest BCUT2D eigenvalue weighted by molar-refractivity contribution is 5.10. The highest BCUT2D eigenvalue weighted by atomic mass is 16.6. The minimum Gasteiger partial charge on any atom is -0.394 e. The van der Waals surface area contributed by atoms with Crippen molar-refractivity contribution in [2.45, 2.75) is 436 Å². The largest absolute Gasteiger partial charge is 0.394 e. The van der Waals surface area contributed by atoms with Crippen LogP contribution in [0.1, 0.15) is 393 Å². The molecule has 11 nitrogen and oxygen atoms in total. The van der Waals surface area contributed by atoms with Crippen molar-refractivity contribution in [3.8, 4) is 0 Å². The normalized spacial score (nSPS) is 41.5. The number of hydrogen-bond acceptors (Lipinski definition) is 11. The summed E-state index contributed by atoms with van der Waals surface area (Å²) in [5, 5.41) is 62.9. The molecule has 0 spiro atoms. The van der Waals surface area contributed by atoms with Gasteiger partial charge in [0, 0.05) is 26.4 Å². The first-order valence-electron chi connectivity index (χ1n) is 46.0. The standard InChI is InChI=1S/C94H182O11/c1-70-27-17-29-72(3)33-21-37-78(9)53-61-103-86(65-95)66-101-59-51-80(11)41-25-55-92(15)57-49-84(63-92)82(13)43-23-39-76(7)47-46-75(6)36-20-32-71(2)28-18-30-73(4)34-22-38-79(10)54-62-104-87(68-105-91-89(98)88(97)90(99)94(91,100)69-96)67-102-60-52-81(12)42-26-56-93(16)58-50-85(64-93)83(14)44-24-40-77(8)48-45-74(5)35-19-31-70/h70-91,95-100H,17-69H2,1-16H3. The van der Waals surface area contributed by atoms with Crippen molar-refractivity contribution in [2.24, 2.45) is 106 Å². The van der Waals surface area contributed by atoms with Gasteiger partial charge in [0.1, 0.15) is 42.2 Å². The molecule has 1 aliphatic heterocycles. The van der Waals surface area contributed by atoms with Gasteiger partial charge in [-0.25, -0.2) is 0 Å². The summed E-state index contributed by atoms with van der Waals surface area (Å²) in [4.78, 5) is 0. The Morgan fingerprint density at radius 3 is 0.943 bits per heavy atom. The molecule has 4 aliphatic rings. The second-order valence-corrected chi connectivity index (χ2v) is 40.0. The average molecular weight is 1490 g/mol. The second kappa shape index (κ2) is 54.4. The molecule has 4 fully saturated rings.